The van der Waals surface area contributed by atoms with Crippen molar-refractivity contribution in [2.75, 3.05) is 19.6 Å². The van der Waals surface area contributed by atoms with Gasteiger partial charge in [0.2, 0.25) is 15.9 Å². The summed E-state index contributed by atoms with van der Waals surface area (Å²) >= 11 is 1.30. The lowest BCUT2D eigenvalue weighted by Gasteiger charge is -2.39. The summed E-state index contributed by atoms with van der Waals surface area (Å²) in [6.45, 7) is 2.28. The number of benzene rings is 3. The van der Waals surface area contributed by atoms with Gasteiger partial charge in [-0.2, -0.15) is 4.31 Å². The zero-order valence-electron chi connectivity index (χ0n) is 20.3. The third-order valence-corrected chi connectivity index (χ3v) is 9.32. The Morgan fingerprint density at radius 3 is 2.43 bits per heavy atom. The van der Waals surface area contributed by atoms with E-state index in [1.54, 1.807) is 41.8 Å². The topological polar surface area (TPSA) is 86.8 Å². The lowest BCUT2D eigenvalue weighted by molar-refractivity contribution is -0.127. The standard InChI is InChI=1S/C28H27N3O4S2/c1-20-8-12-24(13-9-20)37(34,35)30-14-15-31(28(33)26-7-4-16-36-26)25(19-30)27(32)29-18-21-10-11-22-5-2-3-6-23(22)17-21/h2-13,16-17,25H,14-15,18-19H2,1H3,(H,29,32). The number of carbonyl (C=O) groups is 2. The third-order valence-electron chi connectivity index (χ3n) is 6.58. The number of amides is 2. The van der Waals surface area contributed by atoms with Crippen LogP contribution in [0.5, 0.6) is 0 Å². The van der Waals surface area contributed by atoms with Gasteiger partial charge in [0.05, 0.1) is 9.77 Å². The van der Waals surface area contributed by atoms with Crippen LogP contribution in [0.1, 0.15) is 20.8 Å². The zero-order valence-corrected chi connectivity index (χ0v) is 22.0. The molecule has 37 heavy (non-hydrogen) atoms. The van der Waals surface area contributed by atoms with Crippen molar-refractivity contribution in [2.45, 2.75) is 24.4 Å². The van der Waals surface area contributed by atoms with Crippen LogP contribution >= 0.6 is 11.3 Å². The SMILES string of the molecule is Cc1ccc(S(=O)(=O)N2CCN(C(=O)c3cccs3)C(C(=O)NCc3ccc4ccccc4c3)C2)cc1. The summed E-state index contributed by atoms with van der Waals surface area (Å²) in [5.74, 6) is -0.657. The number of rotatable bonds is 6. The maximum Gasteiger partial charge on any atom is 0.264 e. The number of thiophene rings is 1. The molecule has 1 N–H and O–H groups in total. The van der Waals surface area contributed by atoms with E-state index < -0.39 is 16.1 Å². The Morgan fingerprint density at radius 1 is 0.946 bits per heavy atom. The lowest BCUT2D eigenvalue weighted by Crippen LogP contribution is -2.61. The van der Waals surface area contributed by atoms with Gasteiger partial charge in [-0.3, -0.25) is 9.59 Å². The fraction of sp³-hybridized carbons (Fsp3) is 0.214. The molecule has 7 nitrogen and oxygen atoms in total. The molecule has 4 aromatic rings. The molecule has 190 valence electrons. The van der Waals surface area contributed by atoms with E-state index in [2.05, 4.69) is 5.32 Å². The first kappa shape index (κ1) is 25.1. The molecule has 2 heterocycles. The van der Waals surface area contributed by atoms with Gasteiger partial charge in [0.15, 0.2) is 0 Å². The molecule has 0 spiro atoms. The van der Waals surface area contributed by atoms with Crippen LogP contribution in [0.15, 0.2) is 89.1 Å². The van der Waals surface area contributed by atoms with Gasteiger partial charge in [0.25, 0.3) is 5.91 Å². The zero-order chi connectivity index (χ0) is 26.0. The number of piperazine rings is 1. The number of nitrogens with one attached hydrogen (secondary N) is 1. The molecule has 1 unspecified atom stereocenters. The number of hydrogen-bond acceptors (Lipinski definition) is 5. The van der Waals surface area contributed by atoms with Gasteiger partial charge in [-0.1, -0.05) is 60.2 Å². The fourth-order valence-corrected chi connectivity index (χ4v) is 6.62. The number of aryl methyl sites for hydroxylation is 1. The molecule has 9 heteroatoms. The molecular formula is C28H27N3O4S2. The number of nitrogens with zero attached hydrogens (tertiary/aromatic N) is 2. The second-order valence-corrected chi connectivity index (χ2v) is 12.0. The van der Waals surface area contributed by atoms with Crippen LogP contribution in [0, 0.1) is 6.92 Å². The summed E-state index contributed by atoms with van der Waals surface area (Å²) in [6, 6.07) is 23.1. The minimum Gasteiger partial charge on any atom is -0.350 e. The van der Waals surface area contributed by atoms with Crippen LogP contribution < -0.4 is 5.32 Å². The maximum atomic E-state index is 13.5. The quantitative estimate of drug-likeness (QED) is 0.405. The van der Waals surface area contributed by atoms with E-state index in [-0.39, 0.29) is 42.9 Å². The molecule has 0 saturated carbocycles. The first-order valence-electron chi connectivity index (χ1n) is 12.0. The van der Waals surface area contributed by atoms with Crippen LogP contribution in [-0.2, 0) is 21.4 Å². The Balaban J connectivity index is 1.38. The molecule has 5 rings (SSSR count). The predicted molar refractivity (Wildman–Crippen MR) is 145 cm³/mol. The number of carbonyl (C=O) groups excluding carboxylic acids is 2. The van der Waals surface area contributed by atoms with Crippen molar-refractivity contribution in [3.8, 4) is 0 Å². The second kappa shape index (κ2) is 10.5. The van der Waals surface area contributed by atoms with Gasteiger partial charge in [0.1, 0.15) is 6.04 Å². The van der Waals surface area contributed by atoms with Crippen molar-refractivity contribution >= 4 is 43.9 Å². The first-order valence-corrected chi connectivity index (χ1v) is 14.3. The molecule has 1 aliphatic rings. The smallest absolute Gasteiger partial charge is 0.264 e. The molecule has 1 aliphatic heterocycles. The third kappa shape index (κ3) is 5.29. The van der Waals surface area contributed by atoms with Gasteiger partial charge in [-0.25, -0.2) is 8.42 Å². The minimum atomic E-state index is -3.82. The minimum absolute atomic E-state index is 0.113. The predicted octanol–water partition coefficient (Wildman–Crippen LogP) is 4.04. The summed E-state index contributed by atoms with van der Waals surface area (Å²) in [5, 5.41) is 6.91. The Bertz CT molecular complexity index is 1530. The highest BCUT2D eigenvalue weighted by Crippen LogP contribution is 2.24. The van der Waals surface area contributed by atoms with E-state index in [1.807, 2.05) is 49.4 Å². The van der Waals surface area contributed by atoms with Gasteiger partial charge >= 0.3 is 0 Å². The molecule has 1 atom stereocenters. The number of sulfonamides is 1. The Morgan fingerprint density at radius 2 is 1.70 bits per heavy atom. The highest BCUT2D eigenvalue weighted by molar-refractivity contribution is 7.89. The van der Waals surface area contributed by atoms with E-state index in [0.29, 0.717) is 4.88 Å². The molecule has 0 aliphatic carbocycles. The molecule has 2 amide bonds. The van der Waals surface area contributed by atoms with Gasteiger partial charge in [-0.15, -0.1) is 11.3 Å². The normalized spacial score (nSPS) is 16.6. The fourth-order valence-electron chi connectivity index (χ4n) is 4.50. The van der Waals surface area contributed by atoms with Crippen molar-refractivity contribution in [3.05, 3.63) is 100 Å². The largest absolute Gasteiger partial charge is 0.350 e. The van der Waals surface area contributed by atoms with Gasteiger partial charge in [0, 0.05) is 26.2 Å². The maximum absolute atomic E-state index is 13.5. The average Bonchev–Trinajstić information content (AvgIpc) is 3.46. The Hall–Kier alpha value is -3.53. The summed E-state index contributed by atoms with van der Waals surface area (Å²) in [7, 11) is -3.82. The van der Waals surface area contributed by atoms with Crippen molar-refractivity contribution in [1.29, 1.82) is 0 Å². The molecule has 1 fully saturated rings. The molecular weight excluding hydrogens is 506 g/mol. The van der Waals surface area contributed by atoms with E-state index in [1.165, 1.54) is 20.5 Å². The summed E-state index contributed by atoms with van der Waals surface area (Å²) in [6.07, 6.45) is 0. The highest BCUT2D eigenvalue weighted by atomic mass is 32.2. The molecule has 1 saturated heterocycles. The molecule has 3 aromatic carbocycles. The monoisotopic (exact) mass is 533 g/mol. The van der Waals surface area contributed by atoms with Crippen LogP contribution in [-0.4, -0.2) is 55.1 Å². The summed E-state index contributed by atoms with van der Waals surface area (Å²) in [5.41, 5.74) is 1.87. The van der Waals surface area contributed by atoms with E-state index >= 15 is 0 Å². The Kier molecular flexibility index (Phi) is 7.10. The Labute approximate surface area is 220 Å². The first-order chi connectivity index (χ1) is 17.8. The van der Waals surface area contributed by atoms with E-state index in [9.17, 15) is 18.0 Å². The lowest BCUT2D eigenvalue weighted by atomic mass is 10.1. The van der Waals surface area contributed by atoms with Crippen LogP contribution in [0.2, 0.25) is 0 Å². The van der Waals surface area contributed by atoms with Crippen molar-refractivity contribution in [3.63, 3.8) is 0 Å². The highest BCUT2D eigenvalue weighted by Gasteiger charge is 2.40. The van der Waals surface area contributed by atoms with Crippen LogP contribution in [0.4, 0.5) is 0 Å². The van der Waals surface area contributed by atoms with Crippen molar-refractivity contribution in [2.24, 2.45) is 0 Å². The number of fused-ring (bicyclic) bond motifs is 1. The molecule has 1 aromatic heterocycles. The van der Waals surface area contributed by atoms with Crippen LogP contribution in [0.3, 0.4) is 0 Å². The molecule has 0 bridgehead atoms. The number of hydrogen-bond donors (Lipinski definition) is 1. The van der Waals surface area contributed by atoms with Crippen molar-refractivity contribution in [1.82, 2.24) is 14.5 Å². The summed E-state index contributed by atoms with van der Waals surface area (Å²) < 4.78 is 28.0. The van der Waals surface area contributed by atoms with E-state index in [0.717, 1.165) is 21.9 Å². The summed E-state index contributed by atoms with van der Waals surface area (Å²) in [4.78, 5) is 28.9. The average molecular weight is 534 g/mol. The molecule has 0 radical (unpaired) electrons. The second-order valence-electron chi connectivity index (χ2n) is 9.07. The van der Waals surface area contributed by atoms with Crippen molar-refractivity contribution < 1.29 is 18.0 Å². The van der Waals surface area contributed by atoms with Gasteiger partial charge < -0.3 is 10.2 Å². The van der Waals surface area contributed by atoms with Crippen LogP contribution in [0.25, 0.3) is 10.8 Å². The van der Waals surface area contributed by atoms with E-state index in [4.69, 9.17) is 0 Å². The van der Waals surface area contributed by atoms with Gasteiger partial charge in [-0.05, 0) is 52.9 Å².